The van der Waals surface area contributed by atoms with Crippen LogP contribution in [-0.2, 0) is 4.74 Å². The average Bonchev–Trinajstić information content (AvgIpc) is 2.27. The van der Waals surface area contributed by atoms with E-state index in [1.54, 1.807) is 0 Å². The summed E-state index contributed by atoms with van der Waals surface area (Å²) in [5, 5.41) is 3.29. The molecule has 1 heterocycles. The van der Waals surface area contributed by atoms with Crippen molar-refractivity contribution in [2.75, 3.05) is 20.3 Å². The van der Waals surface area contributed by atoms with Gasteiger partial charge in [0.2, 0.25) is 0 Å². The van der Waals surface area contributed by atoms with Gasteiger partial charge in [0, 0.05) is 6.04 Å². The summed E-state index contributed by atoms with van der Waals surface area (Å²) in [4.78, 5) is 0. The Morgan fingerprint density at radius 3 is 2.50 bits per heavy atom. The van der Waals surface area contributed by atoms with Crippen molar-refractivity contribution in [3.63, 3.8) is 0 Å². The molecule has 0 radical (unpaired) electrons. The zero-order valence-electron chi connectivity index (χ0n) is 9.90. The number of hydrogen-bond acceptors (Lipinski definition) is 3. The Bertz CT molecular complexity index is 315. The van der Waals surface area contributed by atoms with E-state index < -0.39 is 0 Å². The highest BCUT2D eigenvalue weighted by Crippen LogP contribution is 2.21. The highest BCUT2D eigenvalue weighted by Gasteiger charge is 2.19. The van der Waals surface area contributed by atoms with E-state index in [1.807, 2.05) is 19.2 Å². The first-order valence-electron chi connectivity index (χ1n) is 5.85. The lowest BCUT2D eigenvalue weighted by Gasteiger charge is -2.26. The fraction of sp³-hybridized carbons (Fsp3) is 0.538. The zero-order valence-corrected chi connectivity index (χ0v) is 9.90. The second-order valence-electron chi connectivity index (χ2n) is 4.10. The molecule has 1 fully saturated rings. The summed E-state index contributed by atoms with van der Waals surface area (Å²) >= 11 is 0. The summed E-state index contributed by atoms with van der Waals surface area (Å²) in [6.07, 6.45) is 1.34. The molecule has 3 heteroatoms. The van der Waals surface area contributed by atoms with Crippen LogP contribution in [0.3, 0.4) is 0 Å². The Kier molecular flexibility index (Phi) is 3.80. The zero-order chi connectivity index (χ0) is 11.4. The Balaban J connectivity index is 1.97. The van der Waals surface area contributed by atoms with Crippen LogP contribution in [0.5, 0.6) is 5.75 Å². The number of benzene rings is 1. The van der Waals surface area contributed by atoms with Gasteiger partial charge in [0.15, 0.2) is 0 Å². The molecule has 3 nitrogen and oxygen atoms in total. The topological polar surface area (TPSA) is 30.5 Å². The number of rotatable bonds is 5. The average molecular weight is 221 g/mol. The van der Waals surface area contributed by atoms with Gasteiger partial charge in [-0.1, -0.05) is 19.1 Å². The van der Waals surface area contributed by atoms with Gasteiger partial charge in [-0.25, -0.2) is 0 Å². The van der Waals surface area contributed by atoms with Gasteiger partial charge in [-0.05, 0) is 31.2 Å². The SMILES string of the molecule is CCC(NC)c1ccc(OC2COC2)cc1. The van der Waals surface area contributed by atoms with Gasteiger partial charge in [-0.3, -0.25) is 0 Å². The molecule has 0 saturated carbocycles. The highest BCUT2D eigenvalue weighted by atomic mass is 16.6. The molecule has 1 atom stereocenters. The third-order valence-electron chi connectivity index (χ3n) is 2.95. The summed E-state index contributed by atoms with van der Waals surface area (Å²) in [6, 6.07) is 8.75. The van der Waals surface area contributed by atoms with Gasteiger partial charge in [0.25, 0.3) is 0 Å². The van der Waals surface area contributed by atoms with Crippen molar-refractivity contribution < 1.29 is 9.47 Å². The van der Waals surface area contributed by atoms with Crippen LogP contribution in [0.4, 0.5) is 0 Å². The van der Waals surface area contributed by atoms with E-state index in [9.17, 15) is 0 Å². The van der Waals surface area contributed by atoms with E-state index in [2.05, 4.69) is 24.4 Å². The second-order valence-corrected chi connectivity index (χ2v) is 4.10. The smallest absolute Gasteiger partial charge is 0.145 e. The summed E-state index contributed by atoms with van der Waals surface area (Å²) < 4.78 is 10.8. The minimum atomic E-state index is 0.247. The minimum Gasteiger partial charge on any atom is -0.486 e. The van der Waals surface area contributed by atoms with Crippen molar-refractivity contribution in [3.05, 3.63) is 29.8 Å². The van der Waals surface area contributed by atoms with Gasteiger partial charge in [0.05, 0.1) is 13.2 Å². The van der Waals surface area contributed by atoms with Crippen molar-refractivity contribution in [1.29, 1.82) is 0 Å². The third-order valence-corrected chi connectivity index (χ3v) is 2.95. The molecule has 88 valence electrons. The molecule has 16 heavy (non-hydrogen) atoms. The number of hydrogen-bond donors (Lipinski definition) is 1. The van der Waals surface area contributed by atoms with Gasteiger partial charge in [0.1, 0.15) is 11.9 Å². The van der Waals surface area contributed by atoms with Crippen molar-refractivity contribution in [1.82, 2.24) is 5.32 Å². The first kappa shape index (κ1) is 11.4. The van der Waals surface area contributed by atoms with Crippen LogP contribution in [0.15, 0.2) is 24.3 Å². The lowest BCUT2D eigenvalue weighted by molar-refractivity contribution is -0.0796. The third kappa shape index (κ3) is 2.54. The molecule has 0 aliphatic carbocycles. The Morgan fingerprint density at radius 2 is 2.06 bits per heavy atom. The molecule has 1 unspecified atom stereocenters. The summed E-state index contributed by atoms with van der Waals surface area (Å²) in [6.45, 7) is 3.61. The lowest BCUT2D eigenvalue weighted by Crippen LogP contribution is -2.38. The molecule has 1 aliphatic heterocycles. The maximum Gasteiger partial charge on any atom is 0.145 e. The van der Waals surface area contributed by atoms with E-state index >= 15 is 0 Å². The van der Waals surface area contributed by atoms with Crippen LogP contribution >= 0.6 is 0 Å². The molecule has 0 aromatic heterocycles. The maximum atomic E-state index is 5.71. The number of ether oxygens (including phenoxy) is 2. The molecule has 0 spiro atoms. The molecule has 1 aliphatic rings. The van der Waals surface area contributed by atoms with Crippen molar-refractivity contribution >= 4 is 0 Å². The molecule has 1 aromatic carbocycles. The van der Waals surface area contributed by atoms with E-state index in [-0.39, 0.29) is 6.10 Å². The van der Waals surface area contributed by atoms with Gasteiger partial charge >= 0.3 is 0 Å². The summed E-state index contributed by atoms with van der Waals surface area (Å²) in [5.74, 6) is 0.933. The van der Waals surface area contributed by atoms with Crippen molar-refractivity contribution in [2.24, 2.45) is 0 Å². The van der Waals surface area contributed by atoms with Crippen molar-refractivity contribution in [3.8, 4) is 5.75 Å². The summed E-state index contributed by atoms with van der Waals surface area (Å²) in [5.41, 5.74) is 1.31. The van der Waals surface area contributed by atoms with E-state index in [4.69, 9.17) is 9.47 Å². The Hall–Kier alpha value is -1.06. The lowest BCUT2D eigenvalue weighted by atomic mass is 10.0. The van der Waals surface area contributed by atoms with Gasteiger partial charge < -0.3 is 14.8 Å². The normalized spacial score (nSPS) is 17.9. The molecule has 1 N–H and O–H groups in total. The van der Waals surface area contributed by atoms with E-state index in [1.165, 1.54) is 5.56 Å². The van der Waals surface area contributed by atoms with E-state index in [0.717, 1.165) is 25.4 Å². The van der Waals surface area contributed by atoms with Crippen LogP contribution in [0, 0.1) is 0 Å². The molecule has 1 saturated heterocycles. The minimum absolute atomic E-state index is 0.247. The first-order chi connectivity index (χ1) is 7.83. The highest BCUT2D eigenvalue weighted by molar-refractivity contribution is 5.29. The monoisotopic (exact) mass is 221 g/mol. The van der Waals surface area contributed by atoms with Crippen molar-refractivity contribution in [2.45, 2.75) is 25.5 Å². The second kappa shape index (κ2) is 5.32. The standard InChI is InChI=1S/C13H19NO2/c1-3-13(14-2)10-4-6-11(7-5-10)16-12-8-15-9-12/h4-7,12-14H,3,8-9H2,1-2H3. The fourth-order valence-corrected chi connectivity index (χ4v) is 1.86. The fourth-order valence-electron chi connectivity index (χ4n) is 1.86. The summed E-state index contributed by atoms with van der Waals surface area (Å²) in [7, 11) is 1.99. The Morgan fingerprint density at radius 1 is 1.38 bits per heavy atom. The van der Waals surface area contributed by atoms with Crippen LogP contribution in [0.25, 0.3) is 0 Å². The Labute approximate surface area is 96.8 Å². The molecule has 2 rings (SSSR count). The van der Waals surface area contributed by atoms with Gasteiger partial charge in [-0.2, -0.15) is 0 Å². The molecule has 0 bridgehead atoms. The van der Waals surface area contributed by atoms with Crippen LogP contribution < -0.4 is 10.1 Å². The predicted octanol–water partition coefficient (Wildman–Crippen LogP) is 2.13. The number of nitrogens with one attached hydrogen (secondary N) is 1. The van der Waals surface area contributed by atoms with Gasteiger partial charge in [-0.15, -0.1) is 0 Å². The van der Waals surface area contributed by atoms with E-state index in [0.29, 0.717) is 6.04 Å². The maximum absolute atomic E-state index is 5.71. The predicted molar refractivity (Wildman–Crippen MR) is 63.8 cm³/mol. The molecule has 0 amide bonds. The largest absolute Gasteiger partial charge is 0.486 e. The van der Waals surface area contributed by atoms with Crippen LogP contribution in [0.1, 0.15) is 24.9 Å². The molecular formula is C13H19NO2. The van der Waals surface area contributed by atoms with Crippen LogP contribution in [0.2, 0.25) is 0 Å². The first-order valence-corrected chi connectivity index (χ1v) is 5.85. The quantitative estimate of drug-likeness (QED) is 0.826. The van der Waals surface area contributed by atoms with Crippen LogP contribution in [-0.4, -0.2) is 26.4 Å². The molecule has 1 aromatic rings. The molecular weight excluding hydrogens is 202 g/mol.